The molecule has 0 spiro atoms. The molecule has 2 rings (SSSR count). The summed E-state index contributed by atoms with van der Waals surface area (Å²) in [5, 5.41) is 3.60. The van der Waals surface area contributed by atoms with Crippen LogP contribution < -0.4 is 10.1 Å². The number of hydrogen-bond donors (Lipinski definition) is 1. The van der Waals surface area contributed by atoms with Gasteiger partial charge in [0.05, 0.1) is 10.5 Å². The first kappa shape index (κ1) is 12.9. The zero-order chi connectivity index (χ0) is 12.4. The van der Waals surface area contributed by atoms with Gasteiger partial charge in [0, 0.05) is 5.56 Å². The normalized spacial score (nSPS) is 22.4. The van der Waals surface area contributed by atoms with Crippen LogP contribution in [0, 0.1) is 6.92 Å². The zero-order valence-electron chi connectivity index (χ0n) is 10.7. The summed E-state index contributed by atoms with van der Waals surface area (Å²) < 4.78 is 7.12. The second-order valence-corrected chi connectivity index (χ2v) is 5.52. The van der Waals surface area contributed by atoms with E-state index in [0.717, 1.165) is 29.6 Å². The van der Waals surface area contributed by atoms with E-state index in [0.29, 0.717) is 6.04 Å². The van der Waals surface area contributed by atoms with Crippen LogP contribution >= 0.6 is 15.9 Å². The molecule has 0 saturated heterocycles. The van der Waals surface area contributed by atoms with Gasteiger partial charge in [-0.25, -0.2) is 0 Å². The van der Waals surface area contributed by atoms with Gasteiger partial charge in [-0.15, -0.1) is 0 Å². The maximum Gasteiger partial charge on any atom is 0.138 e. The van der Waals surface area contributed by atoms with Gasteiger partial charge in [0.1, 0.15) is 11.9 Å². The fourth-order valence-corrected chi connectivity index (χ4v) is 3.07. The molecular formula is C14H20BrNO. The molecule has 1 N–H and O–H groups in total. The van der Waals surface area contributed by atoms with E-state index in [1.165, 1.54) is 11.1 Å². The molecule has 1 aromatic carbocycles. The Labute approximate surface area is 112 Å². The molecule has 0 aliphatic carbocycles. The van der Waals surface area contributed by atoms with Crippen molar-refractivity contribution in [1.29, 1.82) is 0 Å². The van der Waals surface area contributed by atoms with Crippen molar-refractivity contribution in [3.05, 3.63) is 27.7 Å². The molecule has 2 atom stereocenters. The van der Waals surface area contributed by atoms with Gasteiger partial charge in [-0.2, -0.15) is 0 Å². The Hall–Kier alpha value is -0.540. The molecule has 2 nitrogen and oxygen atoms in total. The highest BCUT2D eigenvalue weighted by molar-refractivity contribution is 9.10. The van der Waals surface area contributed by atoms with Crippen molar-refractivity contribution in [3.63, 3.8) is 0 Å². The topological polar surface area (TPSA) is 21.3 Å². The third-order valence-electron chi connectivity index (χ3n) is 3.21. The van der Waals surface area contributed by atoms with Crippen LogP contribution in [0.3, 0.4) is 0 Å². The van der Waals surface area contributed by atoms with Crippen LogP contribution in [-0.4, -0.2) is 12.6 Å². The number of aryl methyl sites for hydroxylation is 1. The summed E-state index contributed by atoms with van der Waals surface area (Å²) in [6.07, 6.45) is 2.44. The average molecular weight is 298 g/mol. The lowest BCUT2D eigenvalue weighted by Crippen LogP contribution is -2.31. The first-order valence-electron chi connectivity index (χ1n) is 6.37. The van der Waals surface area contributed by atoms with E-state index in [4.69, 9.17) is 4.74 Å². The largest absolute Gasteiger partial charge is 0.487 e. The Morgan fingerprint density at radius 3 is 2.76 bits per heavy atom. The van der Waals surface area contributed by atoms with Crippen LogP contribution in [0.1, 0.15) is 43.9 Å². The van der Waals surface area contributed by atoms with Crippen LogP contribution in [0.15, 0.2) is 16.6 Å². The number of ether oxygens (including phenoxy) is 1. The Kier molecular flexibility index (Phi) is 4.10. The Balaban J connectivity index is 2.33. The van der Waals surface area contributed by atoms with Gasteiger partial charge in [0.2, 0.25) is 0 Å². The highest BCUT2D eigenvalue weighted by Gasteiger charge is 2.34. The van der Waals surface area contributed by atoms with Gasteiger partial charge in [0.15, 0.2) is 0 Å². The maximum atomic E-state index is 6.04. The molecule has 0 fully saturated rings. The molecule has 0 bridgehead atoms. The summed E-state index contributed by atoms with van der Waals surface area (Å²) >= 11 is 3.60. The predicted octanol–water partition coefficient (Wildman–Crippen LogP) is 3.97. The fraction of sp³-hybridized carbons (Fsp3) is 0.571. The molecule has 1 aliphatic heterocycles. The summed E-state index contributed by atoms with van der Waals surface area (Å²) in [5.41, 5.74) is 2.58. The van der Waals surface area contributed by atoms with E-state index >= 15 is 0 Å². The van der Waals surface area contributed by atoms with Gasteiger partial charge >= 0.3 is 0 Å². The Bertz CT molecular complexity index is 405. The van der Waals surface area contributed by atoms with E-state index in [9.17, 15) is 0 Å². The molecule has 17 heavy (non-hydrogen) atoms. The minimum atomic E-state index is 0.259. The van der Waals surface area contributed by atoms with Gasteiger partial charge in [-0.05, 0) is 53.9 Å². The standard InChI is InChI=1S/C14H20BrNO/c1-4-6-16-13-10-7-9(3)8-11(15)14(10)17-12(13)5-2/h7-8,12-13,16H,4-6H2,1-3H3. The van der Waals surface area contributed by atoms with Crippen molar-refractivity contribution in [2.75, 3.05) is 6.54 Å². The lowest BCUT2D eigenvalue weighted by atomic mass is 10.0. The highest BCUT2D eigenvalue weighted by Crippen LogP contribution is 2.43. The third kappa shape index (κ3) is 2.50. The number of rotatable bonds is 4. The van der Waals surface area contributed by atoms with E-state index in [1.807, 2.05) is 0 Å². The molecule has 0 aromatic heterocycles. The number of hydrogen-bond acceptors (Lipinski definition) is 2. The van der Waals surface area contributed by atoms with Crippen molar-refractivity contribution in [1.82, 2.24) is 5.32 Å². The molecule has 3 heteroatoms. The first-order valence-corrected chi connectivity index (χ1v) is 7.16. The zero-order valence-corrected chi connectivity index (χ0v) is 12.3. The monoisotopic (exact) mass is 297 g/mol. The van der Waals surface area contributed by atoms with E-state index in [2.05, 4.69) is 54.2 Å². The second-order valence-electron chi connectivity index (χ2n) is 4.66. The quantitative estimate of drug-likeness (QED) is 0.908. The van der Waals surface area contributed by atoms with Crippen LogP contribution in [0.2, 0.25) is 0 Å². The van der Waals surface area contributed by atoms with E-state index in [-0.39, 0.29) is 6.10 Å². The summed E-state index contributed by atoms with van der Waals surface area (Å²) in [6.45, 7) is 7.53. The molecule has 2 unspecified atom stereocenters. The van der Waals surface area contributed by atoms with Gasteiger partial charge in [-0.3, -0.25) is 0 Å². The summed E-state index contributed by atoms with van der Waals surface area (Å²) in [6, 6.07) is 4.70. The molecule has 1 heterocycles. The van der Waals surface area contributed by atoms with Crippen molar-refractivity contribution in [2.24, 2.45) is 0 Å². The van der Waals surface area contributed by atoms with Crippen LogP contribution in [0.5, 0.6) is 5.75 Å². The second kappa shape index (κ2) is 5.40. The Morgan fingerprint density at radius 1 is 1.35 bits per heavy atom. The summed E-state index contributed by atoms with van der Waals surface area (Å²) in [4.78, 5) is 0. The predicted molar refractivity (Wildman–Crippen MR) is 74.6 cm³/mol. The minimum absolute atomic E-state index is 0.259. The third-order valence-corrected chi connectivity index (χ3v) is 3.80. The van der Waals surface area contributed by atoms with Crippen LogP contribution in [0.25, 0.3) is 0 Å². The smallest absolute Gasteiger partial charge is 0.138 e. The van der Waals surface area contributed by atoms with Crippen LogP contribution in [0.4, 0.5) is 0 Å². The number of halogens is 1. The molecule has 94 valence electrons. The SMILES string of the molecule is CCCNC1c2cc(C)cc(Br)c2OC1CC. The minimum Gasteiger partial charge on any atom is -0.487 e. The average Bonchev–Trinajstić information content (AvgIpc) is 2.64. The van der Waals surface area contributed by atoms with Crippen molar-refractivity contribution in [3.8, 4) is 5.75 Å². The first-order chi connectivity index (χ1) is 8.17. The lowest BCUT2D eigenvalue weighted by Gasteiger charge is -2.18. The van der Waals surface area contributed by atoms with Crippen molar-refractivity contribution >= 4 is 15.9 Å². The summed E-state index contributed by atoms with van der Waals surface area (Å²) in [5.74, 6) is 1.02. The Morgan fingerprint density at radius 2 is 2.12 bits per heavy atom. The van der Waals surface area contributed by atoms with Gasteiger partial charge in [0.25, 0.3) is 0 Å². The van der Waals surface area contributed by atoms with Crippen molar-refractivity contribution in [2.45, 2.75) is 45.8 Å². The molecule has 0 saturated carbocycles. The van der Waals surface area contributed by atoms with Crippen LogP contribution in [-0.2, 0) is 0 Å². The highest BCUT2D eigenvalue weighted by atomic mass is 79.9. The number of fused-ring (bicyclic) bond motifs is 1. The molecule has 0 radical (unpaired) electrons. The van der Waals surface area contributed by atoms with Gasteiger partial charge in [-0.1, -0.05) is 19.9 Å². The number of benzene rings is 1. The molecule has 1 aliphatic rings. The maximum absolute atomic E-state index is 6.04. The van der Waals surface area contributed by atoms with Gasteiger partial charge < -0.3 is 10.1 Å². The molecule has 1 aromatic rings. The summed E-state index contributed by atoms with van der Waals surface area (Å²) in [7, 11) is 0. The lowest BCUT2D eigenvalue weighted by molar-refractivity contribution is 0.184. The van der Waals surface area contributed by atoms with E-state index in [1.54, 1.807) is 0 Å². The fourth-order valence-electron chi connectivity index (χ4n) is 2.39. The molecule has 0 amide bonds. The van der Waals surface area contributed by atoms with Crippen molar-refractivity contribution < 1.29 is 4.74 Å². The molecular weight excluding hydrogens is 278 g/mol. The number of nitrogens with one attached hydrogen (secondary N) is 1. The van der Waals surface area contributed by atoms with E-state index < -0.39 is 0 Å².